The molecule has 1 rings (SSSR count). The smallest absolute Gasteiger partial charge is 0.0767 e. The predicted molar refractivity (Wildman–Crippen MR) is 79.7 cm³/mol. The number of aryl methyl sites for hydroxylation is 2. The minimum Gasteiger partial charge on any atom is -0.300 e. The highest BCUT2D eigenvalue weighted by Gasteiger charge is 2.14. The largest absolute Gasteiger partial charge is 0.300 e. The van der Waals surface area contributed by atoms with Crippen molar-refractivity contribution in [2.24, 2.45) is 0 Å². The van der Waals surface area contributed by atoms with Crippen LogP contribution < -0.4 is 0 Å². The highest BCUT2D eigenvalue weighted by Crippen LogP contribution is 2.23. The molecule has 0 fully saturated rings. The van der Waals surface area contributed by atoms with Gasteiger partial charge in [0.05, 0.1) is 15.9 Å². The normalized spacial score (nSPS) is 11.4. The molecule has 3 nitrogen and oxygen atoms in total. The maximum Gasteiger partial charge on any atom is 0.0767 e. The molecular formula is C12H22BrN3S. The molecule has 0 atom stereocenters. The Labute approximate surface area is 117 Å². The molecule has 98 valence electrons. The van der Waals surface area contributed by atoms with E-state index in [1.54, 1.807) is 0 Å². The van der Waals surface area contributed by atoms with Crippen LogP contribution in [0.25, 0.3) is 0 Å². The maximum absolute atomic E-state index is 4.62. The van der Waals surface area contributed by atoms with Gasteiger partial charge in [0.25, 0.3) is 0 Å². The average Bonchev–Trinajstić information content (AvgIpc) is 2.63. The molecule has 0 aliphatic rings. The molecule has 0 saturated heterocycles. The van der Waals surface area contributed by atoms with Gasteiger partial charge in [-0.2, -0.15) is 16.9 Å². The van der Waals surface area contributed by atoms with Crippen molar-refractivity contribution in [2.75, 3.05) is 25.6 Å². The molecule has 0 amide bonds. The summed E-state index contributed by atoms with van der Waals surface area (Å²) >= 11 is 5.57. The molecule has 0 radical (unpaired) electrons. The van der Waals surface area contributed by atoms with E-state index >= 15 is 0 Å². The zero-order chi connectivity index (χ0) is 12.8. The van der Waals surface area contributed by atoms with Crippen molar-refractivity contribution in [3.05, 3.63) is 15.9 Å². The Balaban J connectivity index is 2.78. The van der Waals surface area contributed by atoms with E-state index in [0.717, 1.165) is 26.1 Å². The third-order valence-corrected chi connectivity index (χ3v) is 4.30. The molecule has 5 heteroatoms. The lowest BCUT2D eigenvalue weighted by molar-refractivity contribution is 0.334. The topological polar surface area (TPSA) is 21.1 Å². The molecular weight excluding hydrogens is 298 g/mol. The molecule has 17 heavy (non-hydrogen) atoms. The minimum atomic E-state index is 0.935. The van der Waals surface area contributed by atoms with Gasteiger partial charge in [0.15, 0.2) is 0 Å². The van der Waals surface area contributed by atoms with Crippen molar-refractivity contribution in [2.45, 2.75) is 33.4 Å². The summed E-state index contributed by atoms with van der Waals surface area (Å²) in [5.74, 6) is 1.18. The lowest BCUT2D eigenvalue weighted by Crippen LogP contribution is -2.22. The molecule has 0 bridgehead atoms. The number of nitrogens with zero attached hydrogens (tertiary/aromatic N) is 3. The Morgan fingerprint density at radius 3 is 2.65 bits per heavy atom. The molecule has 1 aromatic rings. The van der Waals surface area contributed by atoms with Gasteiger partial charge in [-0.25, -0.2) is 0 Å². The number of rotatable bonds is 7. The zero-order valence-electron chi connectivity index (χ0n) is 11.2. The number of halogens is 1. The van der Waals surface area contributed by atoms with E-state index in [-0.39, 0.29) is 0 Å². The Hall–Kier alpha value is -0.000000000000000111. The van der Waals surface area contributed by atoms with Gasteiger partial charge in [0, 0.05) is 25.4 Å². The van der Waals surface area contributed by atoms with Crippen LogP contribution in [0, 0.1) is 0 Å². The standard InChI is InChI=1S/C12H22BrN3S/c1-5-10-12(13)11(16(6-2)14-10)9-15(3)7-8-17-4/h5-9H2,1-4H3. The third kappa shape index (κ3) is 4.00. The summed E-state index contributed by atoms with van der Waals surface area (Å²) in [6.45, 7) is 7.30. The summed E-state index contributed by atoms with van der Waals surface area (Å²) in [7, 11) is 2.17. The van der Waals surface area contributed by atoms with E-state index in [2.05, 4.69) is 57.8 Å². The third-order valence-electron chi connectivity index (χ3n) is 2.79. The summed E-state index contributed by atoms with van der Waals surface area (Å²) in [6, 6.07) is 0. The van der Waals surface area contributed by atoms with Crippen molar-refractivity contribution >= 4 is 27.7 Å². The second-order valence-electron chi connectivity index (χ2n) is 4.11. The first-order valence-electron chi connectivity index (χ1n) is 6.05. The lowest BCUT2D eigenvalue weighted by atomic mass is 10.3. The van der Waals surface area contributed by atoms with Crippen LogP contribution in [0.4, 0.5) is 0 Å². The highest BCUT2D eigenvalue weighted by atomic mass is 79.9. The second-order valence-corrected chi connectivity index (χ2v) is 5.89. The fourth-order valence-electron chi connectivity index (χ4n) is 1.75. The van der Waals surface area contributed by atoms with E-state index in [0.29, 0.717) is 0 Å². The molecule has 0 N–H and O–H groups in total. The summed E-state index contributed by atoms with van der Waals surface area (Å²) in [6.07, 6.45) is 3.13. The monoisotopic (exact) mass is 319 g/mol. The molecule has 0 spiro atoms. The van der Waals surface area contributed by atoms with Gasteiger partial charge in [-0.3, -0.25) is 9.58 Å². The first-order valence-corrected chi connectivity index (χ1v) is 8.24. The van der Waals surface area contributed by atoms with Gasteiger partial charge in [-0.15, -0.1) is 0 Å². The molecule has 1 aromatic heterocycles. The Morgan fingerprint density at radius 2 is 2.12 bits per heavy atom. The van der Waals surface area contributed by atoms with Crippen LogP contribution in [0.15, 0.2) is 4.47 Å². The van der Waals surface area contributed by atoms with E-state index in [9.17, 15) is 0 Å². The van der Waals surface area contributed by atoms with Crippen LogP contribution in [-0.4, -0.2) is 40.3 Å². The summed E-state index contributed by atoms with van der Waals surface area (Å²) in [4.78, 5) is 2.35. The van der Waals surface area contributed by atoms with E-state index in [1.165, 1.54) is 21.6 Å². The molecule has 0 aromatic carbocycles. The Kier molecular flexibility index (Phi) is 6.59. The lowest BCUT2D eigenvalue weighted by Gasteiger charge is -2.16. The Bertz CT molecular complexity index is 352. The van der Waals surface area contributed by atoms with Gasteiger partial charge in [-0.1, -0.05) is 6.92 Å². The second kappa shape index (κ2) is 7.44. The van der Waals surface area contributed by atoms with Crippen LogP contribution in [0.2, 0.25) is 0 Å². The number of hydrogen-bond donors (Lipinski definition) is 0. The molecule has 0 aliphatic carbocycles. The average molecular weight is 320 g/mol. The van der Waals surface area contributed by atoms with Crippen LogP contribution in [-0.2, 0) is 19.5 Å². The molecule has 1 heterocycles. The van der Waals surface area contributed by atoms with Crippen molar-refractivity contribution in [3.63, 3.8) is 0 Å². The zero-order valence-corrected chi connectivity index (χ0v) is 13.6. The van der Waals surface area contributed by atoms with Crippen molar-refractivity contribution in [1.82, 2.24) is 14.7 Å². The Morgan fingerprint density at radius 1 is 1.41 bits per heavy atom. The van der Waals surface area contributed by atoms with Gasteiger partial charge in [-0.05, 0) is 42.6 Å². The van der Waals surface area contributed by atoms with E-state index in [1.807, 2.05) is 11.8 Å². The maximum atomic E-state index is 4.62. The van der Waals surface area contributed by atoms with Crippen LogP contribution in [0.1, 0.15) is 25.2 Å². The summed E-state index contributed by atoms with van der Waals surface area (Å²) < 4.78 is 3.30. The first kappa shape index (κ1) is 15.1. The molecule has 0 aliphatic heterocycles. The number of aromatic nitrogens is 2. The van der Waals surface area contributed by atoms with Crippen molar-refractivity contribution in [1.29, 1.82) is 0 Å². The highest BCUT2D eigenvalue weighted by molar-refractivity contribution is 9.10. The van der Waals surface area contributed by atoms with Crippen molar-refractivity contribution in [3.8, 4) is 0 Å². The van der Waals surface area contributed by atoms with Gasteiger partial charge in [0.2, 0.25) is 0 Å². The number of hydrogen-bond acceptors (Lipinski definition) is 3. The quantitative estimate of drug-likeness (QED) is 0.770. The molecule has 0 unspecified atom stereocenters. The predicted octanol–water partition coefficient (Wildman–Crippen LogP) is 3.02. The van der Waals surface area contributed by atoms with Gasteiger partial charge < -0.3 is 0 Å². The number of thioether (sulfide) groups is 1. The van der Waals surface area contributed by atoms with Crippen LogP contribution in [0.3, 0.4) is 0 Å². The fraction of sp³-hybridized carbons (Fsp3) is 0.750. The fourth-order valence-corrected chi connectivity index (χ4v) is 2.93. The minimum absolute atomic E-state index is 0.935. The first-order chi connectivity index (χ1) is 8.13. The summed E-state index contributed by atoms with van der Waals surface area (Å²) in [5.41, 5.74) is 2.47. The summed E-state index contributed by atoms with van der Waals surface area (Å²) in [5, 5.41) is 4.62. The van der Waals surface area contributed by atoms with Gasteiger partial charge >= 0.3 is 0 Å². The van der Waals surface area contributed by atoms with Crippen molar-refractivity contribution < 1.29 is 0 Å². The van der Waals surface area contributed by atoms with E-state index < -0.39 is 0 Å². The van der Waals surface area contributed by atoms with Crippen LogP contribution >= 0.6 is 27.7 Å². The molecule has 0 saturated carbocycles. The SMILES string of the molecule is CCc1nn(CC)c(CN(C)CCSC)c1Br. The van der Waals surface area contributed by atoms with E-state index in [4.69, 9.17) is 0 Å². The van der Waals surface area contributed by atoms with Crippen LogP contribution in [0.5, 0.6) is 0 Å². The van der Waals surface area contributed by atoms with Gasteiger partial charge in [0.1, 0.15) is 0 Å².